The zero-order chi connectivity index (χ0) is 17.6. The molecule has 0 unspecified atom stereocenters. The molecule has 0 radical (unpaired) electrons. The van der Waals surface area contributed by atoms with Crippen LogP contribution in [0.2, 0.25) is 0 Å². The molecule has 3 rings (SSSR count). The van der Waals surface area contributed by atoms with Gasteiger partial charge >= 0.3 is 0 Å². The number of rotatable bonds is 1. The fourth-order valence-corrected chi connectivity index (χ4v) is 3.34. The highest BCUT2D eigenvalue weighted by atomic mass is 15.4. The van der Waals surface area contributed by atoms with Gasteiger partial charge in [0.05, 0.1) is 18.8 Å². The number of fused-ring (bicyclic) bond motifs is 1. The first kappa shape index (κ1) is 15.9. The quantitative estimate of drug-likeness (QED) is 0.632. The molecule has 2 aromatic rings. The van der Waals surface area contributed by atoms with Crippen molar-refractivity contribution >= 4 is 28.4 Å². The van der Waals surface area contributed by atoms with Crippen LogP contribution < -0.4 is 9.80 Å². The van der Waals surface area contributed by atoms with Crippen LogP contribution in [0.3, 0.4) is 0 Å². The van der Waals surface area contributed by atoms with Gasteiger partial charge in [-0.25, -0.2) is 9.69 Å². The second-order valence-corrected chi connectivity index (χ2v) is 6.39. The molecule has 0 bridgehead atoms. The minimum atomic E-state index is 0.0855. The van der Waals surface area contributed by atoms with Crippen molar-refractivity contribution in [3.8, 4) is 0 Å². The van der Waals surface area contributed by atoms with Gasteiger partial charge in [-0.2, -0.15) is 0 Å². The molecule has 4 nitrogen and oxygen atoms in total. The Morgan fingerprint density at radius 3 is 2.17 bits per heavy atom. The van der Waals surface area contributed by atoms with Crippen LogP contribution in [0.5, 0.6) is 0 Å². The molecule has 120 valence electrons. The van der Waals surface area contributed by atoms with Crippen molar-refractivity contribution in [3.63, 3.8) is 0 Å². The molecule has 0 aliphatic carbocycles. The molecule has 0 amide bonds. The number of hydrogen-bond acceptors (Lipinski definition) is 2. The fraction of sp³-hybridized carbons (Fsp3) is 0.300. The summed E-state index contributed by atoms with van der Waals surface area (Å²) in [5, 5.41) is 0. The monoisotopic (exact) mass is 316 g/mol. The Morgan fingerprint density at radius 2 is 1.54 bits per heavy atom. The van der Waals surface area contributed by atoms with E-state index in [-0.39, 0.29) is 6.17 Å². The highest BCUT2D eigenvalue weighted by Gasteiger charge is 2.34. The molecule has 1 aliphatic rings. The summed E-state index contributed by atoms with van der Waals surface area (Å²) in [5.74, 6) is 0. The van der Waals surface area contributed by atoms with Crippen LogP contribution >= 0.6 is 0 Å². The molecule has 0 aromatic heterocycles. The Morgan fingerprint density at radius 1 is 0.875 bits per heavy atom. The van der Waals surface area contributed by atoms with E-state index < -0.39 is 0 Å². The van der Waals surface area contributed by atoms with E-state index in [1.165, 1.54) is 16.7 Å². The van der Waals surface area contributed by atoms with Crippen LogP contribution in [0.1, 0.15) is 23.6 Å². The lowest BCUT2D eigenvalue weighted by atomic mass is 10.0. The zero-order valence-corrected chi connectivity index (χ0v) is 14.7. The lowest BCUT2D eigenvalue weighted by molar-refractivity contribution is 0.732. The highest BCUT2D eigenvalue weighted by Crippen LogP contribution is 2.51. The van der Waals surface area contributed by atoms with Crippen molar-refractivity contribution < 1.29 is 0 Å². The maximum absolute atomic E-state index is 7.58. The van der Waals surface area contributed by atoms with Crippen molar-refractivity contribution in [2.24, 2.45) is 0 Å². The average Bonchev–Trinajstić information content (AvgIpc) is 2.82. The topological polar surface area (TPSA) is 15.2 Å². The van der Waals surface area contributed by atoms with Gasteiger partial charge in [-0.1, -0.05) is 6.07 Å². The number of anilines is 3. The Bertz CT molecular complexity index is 915. The third-order valence-electron chi connectivity index (χ3n) is 4.93. The van der Waals surface area contributed by atoms with Gasteiger partial charge < -0.3 is 9.80 Å². The first-order valence-corrected chi connectivity index (χ1v) is 7.92. The van der Waals surface area contributed by atoms with Crippen molar-refractivity contribution in [2.75, 3.05) is 16.8 Å². The van der Waals surface area contributed by atoms with Gasteiger partial charge in [0.1, 0.15) is 6.17 Å². The SMILES string of the molecule is [C-]#[N+]c1cc([N+]#[C-])c2c(c1)N(C)[C@H](C)N2c1cc(C)c(C)cc1C. The number of hydrogen-bond donors (Lipinski definition) is 0. The molecule has 1 atom stereocenters. The maximum atomic E-state index is 7.58. The third-order valence-corrected chi connectivity index (χ3v) is 4.93. The largest absolute Gasteiger partial charge is 0.355 e. The van der Waals surface area contributed by atoms with Crippen LogP contribution in [0.4, 0.5) is 28.4 Å². The highest BCUT2D eigenvalue weighted by molar-refractivity contribution is 5.96. The van der Waals surface area contributed by atoms with Gasteiger partial charge in [0, 0.05) is 18.4 Å². The Labute approximate surface area is 143 Å². The standard InChI is InChI=1S/C20H20N4/c1-12-8-14(3)18(9-13(12)2)24-15(4)23(7)19-11-16(21-5)10-17(22-6)20(19)24/h8-11,15H,1-4,7H3/t15-/m0/s1. The molecule has 0 saturated heterocycles. The Hall–Kier alpha value is -2.98. The van der Waals surface area contributed by atoms with E-state index in [0.29, 0.717) is 11.4 Å². The lowest BCUT2D eigenvalue weighted by Crippen LogP contribution is -2.36. The first-order chi connectivity index (χ1) is 11.4. The summed E-state index contributed by atoms with van der Waals surface area (Å²) >= 11 is 0. The predicted molar refractivity (Wildman–Crippen MR) is 99.6 cm³/mol. The number of aryl methyl sites for hydroxylation is 3. The minimum Gasteiger partial charge on any atom is -0.355 e. The second-order valence-electron chi connectivity index (χ2n) is 6.39. The van der Waals surface area contributed by atoms with Crippen LogP contribution in [-0.4, -0.2) is 13.2 Å². The molecule has 0 spiro atoms. The van der Waals surface area contributed by atoms with E-state index in [4.69, 9.17) is 13.1 Å². The third kappa shape index (κ3) is 2.20. The normalized spacial score (nSPS) is 15.9. The van der Waals surface area contributed by atoms with Crippen molar-refractivity contribution in [1.82, 2.24) is 0 Å². The van der Waals surface area contributed by atoms with Gasteiger partial charge in [0.15, 0.2) is 5.69 Å². The Balaban J connectivity index is 2.30. The molecule has 24 heavy (non-hydrogen) atoms. The summed E-state index contributed by atoms with van der Waals surface area (Å²) in [6.45, 7) is 23.3. The van der Waals surface area contributed by atoms with E-state index in [1.807, 2.05) is 13.1 Å². The predicted octanol–water partition coefficient (Wildman–Crippen LogP) is 5.65. The van der Waals surface area contributed by atoms with E-state index in [0.717, 1.165) is 17.1 Å². The molecule has 1 heterocycles. The molecule has 1 aliphatic heterocycles. The molecule has 0 saturated carbocycles. The van der Waals surface area contributed by atoms with Crippen LogP contribution in [0.15, 0.2) is 24.3 Å². The van der Waals surface area contributed by atoms with Crippen molar-refractivity contribution in [1.29, 1.82) is 0 Å². The second kappa shape index (κ2) is 5.58. The van der Waals surface area contributed by atoms with E-state index in [2.05, 4.69) is 59.3 Å². The summed E-state index contributed by atoms with van der Waals surface area (Å²) in [4.78, 5) is 11.6. The molecule has 0 fully saturated rings. The molecule has 2 aromatic carbocycles. The van der Waals surface area contributed by atoms with Gasteiger partial charge in [-0.15, -0.1) is 0 Å². The summed E-state index contributed by atoms with van der Waals surface area (Å²) < 4.78 is 0. The van der Waals surface area contributed by atoms with E-state index >= 15 is 0 Å². The van der Waals surface area contributed by atoms with Gasteiger partial charge in [0.2, 0.25) is 5.69 Å². The fourth-order valence-electron chi connectivity index (χ4n) is 3.34. The van der Waals surface area contributed by atoms with Gasteiger partial charge in [-0.05, 0) is 62.6 Å². The van der Waals surface area contributed by atoms with Crippen molar-refractivity contribution in [2.45, 2.75) is 33.9 Å². The molecular formula is C20H20N4. The number of nitrogens with zero attached hydrogens (tertiary/aromatic N) is 4. The van der Waals surface area contributed by atoms with Gasteiger partial charge in [-0.3, -0.25) is 0 Å². The van der Waals surface area contributed by atoms with Crippen molar-refractivity contribution in [3.05, 3.63) is 63.8 Å². The number of benzene rings is 2. The van der Waals surface area contributed by atoms with Crippen LogP contribution in [-0.2, 0) is 0 Å². The van der Waals surface area contributed by atoms with E-state index in [9.17, 15) is 0 Å². The zero-order valence-electron chi connectivity index (χ0n) is 14.7. The minimum absolute atomic E-state index is 0.0855. The lowest BCUT2D eigenvalue weighted by Gasteiger charge is -2.30. The maximum Gasteiger partial charge on any atom is 0.202 e. The summed E-state index contributed by atoms with van der Waals surface area (Å²) in [7, 11) is 2.02. The van der Waals surface area contributed by atoms with Gasteiger partial charge in [0.25, 0.3) is 0 Å². The first-order valence-electron chi connectivity index (χ1n) is 7.92. The smallest absolute Gasteiger partial charge is 0.202 e. The molecule has 0 N–H and O–H groups in total. The molecule has 4 heteroatoms. The van der Waals surface area contributed by atoms with Crippen LogP contribution in [0.25, 0.3) is 9.69 Å². The summed E-state index contributed by atoms with van der Waals surface area (Å²) in [5.41, 5.74) is 7.71. The Kier molecular flexibility index (Phi) is 3.70. The van der Waals surface area contributed by atoms with E-state index in [1.54, 1.807) is 6.07 Å². The summed E-state index contributed by atoms with van der Waals surface area (Å²) in [6, 6.07) is 7.96. The average molecular weight is 316 g/mol. The summed E-state index contributed by atoms with van der Waals surface area (Å²) in [6.07, 6.45) is 0.0855. The molecular weight excluding hydrogens is 296 g/mol. The van der Waals surface area contributed by atoms with Crippen LogP contribution in [0, 0.1) is 33.9 Å².